The van der Waals surface area contributed by atoms with Crippen LogP contribution < -0.4 is 4.74 Å². The number of para-hydroxylation sites is 1. The van der Waals surface area contributed by atoms with Crippen molar-refractivity contribution in [2.24, 2.45) is 47.3 Å². The summed E-state index contributed by atoms with van der Waals surface area (Å²) < 4.78 is 5.94. The van der Waals surface area contributed by atoms with Crippen molar-refractivity contribution in [3.8, 4) is 11.5 Å². The number of imide groups is 1. The van der Waals surface area contributed by atoms with Gasteiger partial charge in [-0.3, -0.25) is 14.5 Å². The molecule has 0 radical (unpaired) electrons. The Labute approximate surface area is 181 Å². The fraction of sp³-hybridized carbons (Fsp3) is 0.407. The summed E-state index contributed by atoms with van der Waals surface area (Å²) in [5.74, 6) is 4.89. The SMILES string of the molecule is O=C1C2C3CC(C2C(=O)N1Cc1cccc(Oc2ccccc2)c1)C1C2C=CC(C2)C31. The van der Waals surface area contributed by atoms with E-state index in [1.54, 1.807) is 4.90 Å². The summed E-state index contributed by atoms with van der Waals surface area (Å²) in [5, 5.41) is 0. The van der Waals surface area contributed by atoms with Crippen molar-refractivity contribution >= 4 is 11.8 Å². The minimum absolute atomic E-state index is 0.0714. The first-order valence-electron chi connectivity index (χ1n) is 11.5. The maximum Gasteiger partial charge on any atom is 0.233 e. The quantitative estimate of drug-likeness (QED) is 0.417. The van der Waals surface area contributed by atoms with Crippen LogP contribution in [0.25, 0.3) is 0 Å². The second kappa shape index (κ2) is 6.32. The van der Waals surface area contributed by atoms with Gasteiger partial charge in [-0.15, -0.1) is 0 Å². The predicted octanol–water partition coefficient (Wildman–Crippen LogP) is 4.67. The monoisotopic (exact) mass is 411 g/mol. The standard InChI is InChI=1S/C27H25NO3/c29-26-24-20-13-21(23-17-10-9-16(12-17)22(20)23)25(24)27(30)28(26)14-15-5-4-8-19(11-15)31-18-6-2-1-3-7-18/h1-11,16-17,20-25H,12-14H2. The van der Waals surface area contributed by atoms with E-state index in [9.17, 15) is 9.59 Å². The van der Waals surface area contributed by atoms with E-state index in [4.69, 9.17) is 4.74 Å². The minimum Gasteiger partial charge on any atom is -0.457 e. The zero-order chi connectivity index (χ0) is 20.7. The Kier molecular flexibility index (Phi) is 3.62. The van der Waals surface area contributed by atoms with Gasteiger partial charge in [-0.25, -0.2) is 0 Å². The van der Waals surface area contributed by atoms with Crippen LogP contribution in [0, 0.1) is 47.3 Å². The van der Waals surface area contributed by atoms with Gasteiger partial charge in [-0.1, -0.05) is 42.5 Å². The van der Waals surface area contributed by atoms with Gasteiger partial charge >= 0.3 is 0 Å². The van der Waals surface area contributed by atoms with E-state index in [0.717, 1.165) is 23.5 Å². The Bertz CT molecular complexity index is 1070. The highest BCUT2D eigenvalue weighted by Gasteiger charge is 2.70. The van der Waals surface area contributed by atoms with Crippen LogP contribution in [0.3, 0.4) is 0 Å². The Morgan fingerprint density at radius 2 is 1.42 bits per heavy atom. The van der Waals surface area contributed by atoms with Gasteiger partial charge in [0.25, 0.3) is 0 Å². The molecule has 156 valence electrons. The molecule has 31 heavy (non-hydrogen) atoms. The molecule has 8 atom stereocenters. The maximum absolute atomic E-state index is 13.4. The van der Waals surface area contributed by atoms with Gasteiger partial charge in [0.15, 0.2) is 0 Å². The van der Waals surface area contributed by atoms with E-state index < -0.39 is 0 Å². The first kappa shape index (κ1) is 17.8. The molecule has 4 aliphatic carbocycles. The largest absolute Gasteiger partial charge is 0.457 e. The molecule has 0 aromatic heterocycles. The molecule has 8 unspecified atom stereocenters. The summed E-state index contributed by atoms with van der Waals surface area (Å²) in [6, 6.07) is 17.4. The summed E-state index contributed by atoms with van der Waals surface area (Å²) in [6.07, 6.45) is 7.12. The van der Waals surface area contributed by atoms with E-state index in [2.05, 4.69) is 12.2 Å². The number of allylic oxidation sites excluding steroid dienone is 2. The number of nitrogens with zero attached hydrogens (tertiary/aromatic N) is 1. The fourth-order valence-corrected chi connectivity index (χ4v) is 7.85. The molecule has 0 N–H and O–H groups in total. The third kappa shape index (κ3) is 2.42. The van der Waals surface area contributed by atoms with Crippen LogP contribution in [0.5, 0.6) is 11.5 Å². The number of hydrogen-bond acceptors (Lipinski definition) is 3. The average molecular weight is 412 g/mol. The molecule has 4 fully saturated rings. The van der Waals surface area contributed by atoms with E-state index >= 15 is 0 Å². The molecule has 3 saturated carbocycles. The number of rotatable bonds is 4. The summed E-state index contributed by atoms with van der Waals surface area (Å²) in [5.41, 5.74) is 0.935. The molecule has 2 aromatic rings. The maximum atomic E-state index is 13.4. The highest BCUT2D eigenvalue weighted by molar-refractivity contribution is 6.06. The van der Waals surface area contributed by atoms with Gasteiger partial charge in [0.05, 0.1) is 18.4 Å². The second-order valence-electron chi connectivity index (χ2n) is 10.0. The van der Waals surface area contributed by atoms with Crippen molar-refractivity contribution in [1.29, 1.82) is 0 Å². The fourth-order valence-electron chi connectivity index (χ4n) is 7.85. The van der Waals surface area contributed by atoms with Gasteiger partial charge in [0.2, 0.25) is 11.8 Å². The Hall–Kier alpha value is -2.88. The molecule has 1 aliphatic heterocycles. The van der Waals surface area contributed by atoms with Gasteiger partial charge in [-0.2, -0.15) is 0 Å². The summed E-state index contributed by atoms with van der Waals surface area (Å²) in [7, 11) is 0. The van der Waals surface area contributed by atoms with Crippen molar-refractivity contribution in [1.82, 2.24) is 4.90 Å². The van der Waals surface area contributed by atoms with E-state index in [1.807, 2.05) is 54.6 Å². The molecule has 1 heterocycles. The Morgan fingerprint density at radius 1 is 0.774 bits per heavy atom. The number of ether oxygens (including phenoxy) is 1. The van der Waals surface area contributed by atoms with Gasteiger partial charge in [0, 0.05) is 0 Å². The number of carbonyl (C=O) groups excluding carboxylic acids is 2. The summed E-state index contributed by atoms with van der Waals surface area (Å²) >= 11 is 0. The zero-order valence-corrected chi connectivity index (χ0v) is 17.3. The van der Waals surface area contributed by atoms with Crippen molar-refractivity contribution in [3.63, 3.8) is 0 Å². The lowest BCUT2D eigenvalue weighted by molar-refractivity contribution is -0.141. The zero-order valence-electron chi connectivity index (χ0n) is 17.3. The molecule has 7 rings (SSSR count). The van der Waals surface area contributed by atoms with Gasteiger partial charge in [-0.05, 0) is 78.2 Å². The lowest BCUT2D eigenvalue weighted by Crippen LogP contribution is -2.38. The first-order chi connectivity index (χ1) is 15.2. The van der Waals surface area contributed by atoms with Crippen molar-refractivity contribution in [3.05, 3.63) is 72.3 Å². The minimum atomic E-state index is -0.0738. The highest BCUT2D eigenvalue weighted by Crippen LogP contribution is 2.70. The second-order valence-corrected chi connectivity index (χ2v) is 10.0. The third-order valence-electron chi connectivity index (χ3n) is 8.75. The number of benzene rings is 2. The van der Waals surface area contributed by atoms with Crippen LogP contribution in [0.1, 0.15) is 18.4 Å². The summed E-state index contributed by atoms with van der Waals surface area (Å²) in [4.78, 5) is 28.4. The van der Waals surface area contributed by atoms with Gasteiger partial charge in [0.1, 0.15) is 11.5 Å². The summed E-state index contributed by atoms with van der Waals surface area (Å²) in [6.45, 7) is 0.344. The molecular formula is C27H25NO3. The normalized spacial score (nSPS) is 38.8. The number of amides is 2. The van der Waals surface area contributed by atoms with Crippen LogP contribution in [0.2, 0.25) is 0 Å². The molecule has 4 bridgehead atoms. The molecule has 0 spiro atoms. The molecule has 4 heteroatoms. The van der Waals surface area contributed by atoms with Crippen LogP contribution in [-0.4, -0.2) is 16.7 Å². The van der Waals surface area contributed by atoms with Crippen LogP contribution in [0.4, 0.5) is 0 Å². The van der Waals surface area contributed by atoms with E-state index in [1.165, 1.54) is 6.42 Å². The lowest BCUT2D eigenvalue weighted by Gasteiger charge is -2.36. The van der Waals surface area contributed by atoms with Crippen LogP contribution in [-0.2, 0) is 16.1 Å². The van der Waals surface area contributed by atoms with Crippen LogP contribution in [0.15, 0.2) is 66.7 Å². The topological polar surface area (TPSA) is 46.6 Å². The van der Waals surface area contributed by atoms with Crippen molar-refractivity contribution in [2.45, 2.75) is 19.4 Å². The number of carbonyl (C=O) groups is 2. The Balaban J connectivity index is 1.13. The third-order valence-corrected chi connectivity index (χ3v) is 8.75. The molecule has 2 amide bonds. The van der Waals surface area contributed by atoms with Gasteiger partial charge < -0.3 is 4.74 Å². The molecule has 2 aromatic carbocycles. The molecule has 4 nitrogen and oxygen atoms in total. The highest BCUT2D eigenvalue weighted by atomic mass is 16.5. The number of likely N-dealkylation sites (tertiary alicyclic amines) is 1. The number of fused-ring (bicyclic) bond motifs is 12. The van der Waals surface area contributed by atoms with Crippen LogP contribution >= 0.6 is 0 Å². The Morgan fingerprint density at radius 3 is 2.10 bits per heavy atom. The smallest absolute Gasteiger partial charge is 0.233 e. The predicted molar refractivity (Wildman–Crippen MR) is 115 cm³/mol. The molecule has 5 aliphatic rings. The molecule has 1 saturated heterocycles. The first-order valence-corrected chi connectivity index (χ1v) is 11.5. The van der Waals surface area contributed by atoms with Crippen molar-refractivity contribution in [2.75, 3.05) is 0 Å². The van der Waals surface area contributed by atoms with E-state index in [0.29, 0.717) is 42.1 Å². The molecular weight excluding hydrogens is 386 g/mol. The average Bonchev–Trinajstić information content (AvgIpc) is 3.58. The van der Waals surface area contributed by atoms with E-state index in [-0.39, 0.29) is 23.7 Å². The number of hydrogen-bond donors (Lipinski definition) is 0. The lowest BCUT2D eigenvalue weighted by atomic mass is 9.65. The van der Waals surface area contributed by atoms with Crippen molar-refractivity contribution < 1.29 is 14.3 Å².